The zero-order valence-corrected chi connectivity index (χ0v) is 15.8. The molecule has 144 valence electrons. The maximum atomic E-state index is 5.91. The van der Waals surface area contributed by atoms with Crippen molar-refractivity contribution in [1.82, 2.24) is 25.4 Å². The average Bonchev–Trinajstić information content (AvgIpc) is 3.44. The van der Waals surface area contributed by atoms with E-state index < -0.39 is 0 Å². The Kier molecular flexibility index (Phi) is 5.09. The highest BCUT2D eigenvalue weighted by molar-refractivity contribution is 5.80. The summed E-state index contributed by atoms with van der Waals surface area (Å²) in [5.74, 6) is 3.46. The lowest BCUT2D eigenvalue weighted by Gasteiger charge is -2.20. The zero-order chi connectivity index (χ0) is 19.3. The molecule has 1 aromatic carbocycles. The van der Waals surface area contributed by atoms with Crippen LogP contribution in [0.15, 0.2) is 62.6 Å². The Hall–Kier alpha value is -3.55. The Morgan fingerprint density at radius 3 is 2.93 bits per heavy atom. The fourth-order valence-corrected chi connectivity index (χ4v) is 2.92. The Morgan fingerprint density at radius 1 is 1.25 bits per heavy atom. The van der Waals surface area contributed by atoms with Crippen molar-refractivity contribution >= 4 is 16.9 Å². The molecule has 0 fully saturated rings. The second-order valence-corrected chi connectivity index (χ2v) is 6.36. The smallest absolute Gasteiger partial charge is 0.216 e. The first-order valence-corrected chi connectivity index (χ1v) is 9.15. The summed E-state index contributed by atoms with van der Waals surface area (Å²) in [6.07, 6.45) is 1.60. The number of hydrogen-bond acceptors (Lipinski definition) is 5. The van der Waals surface area contributed by atoms with Gasteiger partial charge in [-0.1, -0.05) is 18.2 Å². The lowest BCUT2D eigenvalue weighted by Crippen LogP contribution is -2.38. The van der Waals surface area contributed by atoms with Gasteiger partial charge in [0.2, 0.25) is 5.82 Å². The van der Waals surface area contributed by atoms with Gasteiger partial charge in [-0.05, 0) is 31.2 Å². The third-order valence-corrected chi connectivity index (χ3v) is 4.22. The molecule has 0 aliphatic rings. The summed E-state index contributed by atoms with van der Waals surface area (Å²) >= 11 is 0. The highest BCUT2D eigenvalue weighted by atomic mass is 16.3. The van der Waals surface area contributed by atoms with E-state index in [0.717, 1.165) is 29.2 Å². The summed E-state index contributed by atoms with van der Waals surface area (Å²) < 4.78 is 11.2. The summed E-state index contributed by atoms with van der Waals surface area (Å²) in [6.45, 7) is 3.78. The first-order valence-electron chi connectivity index (χ1n) is 9.15. The molecule has 28 heavy (non-hydrogen) atoms. The van der Waals surface area contributed by atoms with E-state index in [0.29, 0.717) is 30.5 Å². The predicted octanol–water partition coefficient (Wildman–Crippen LogP) is 3.41. The SMILES string of the molecule is CCNC(=NCc1nc(-c2ccco2)n[nH]1)N(C)Cc1cc2ccccc2o1. The molecule has 0 spiro atoms. The fourth-order valence-electron chi connectivity index (χ4n) is 2.92. The van der Waals surface area contributed by atoms with Crippen LogP contribution in [0.25, 0.3) is 22.6 Å². The van der Waals surface area contributed by atoms with Crippen molar-refractivity contribution in [2.45, 2.75) is 20.0 Å². The molecule has 4 rings (SSSR count). The number of H-pyrrole nitrogens is 1. The van der Waals surface area contributed by atoms with Crippen LogP contribution in [-0.2, 0) is 13.1 Å². The van der Waals surface area contributed by atoms with E-state index >= 15 is 0 Å². The number of nitrogens with zero attached hydrogens (tertiary/aromatic N) is 4. The highest BCUT2D eigenvalue weighted by Crippen LogP contribution is 2.20. The van der Waals surface area contributed by atoms with E-state index in [4.69, 9.17) is 8.83 Å². The van der Waals surface area contributed by atoms with Gasteiger partial charge in [0.15, 0.2) is 11.7 Å². The summed E-state index contributed by atoms with van der Waals surface area (Å²) in [7, 11) is 1.98. The van der Waals surface area contributed by atoms with Crippen LogP contribution in [0.5, 0.6) is 0 Å². The molecule has 0 bridgehead atoms. The molecule has 0 aliphatic carbocycles. The van der Waals surface area contributed by atoms with Crippen molar-refractivity contribution < 1.29 is 8.83 Å². The lowest BCUT2D eigenvalue weighted by atomic mass is 10.2. The number of aromatic nitrogens is 3. The number of para-hydroxylation sites is 1. The topological polar surface area (TPSA) is 95.5 Å². The van der Waals surface area contributed by atoms with Crippen LogP contribution in [0.2, 0.25) is 0 Å². The van der Waals surface area contributed by atoms with E-state index in [1.165, 1.54) is 0 Å². The standard InChI is InChI=1S/C20H22N6O2/c1-3-21-20(22-12-18-23-19(25-24-18)17-9-6-10-27-17)26(2)13-15-11-14-7-4-5-8-16(14)28-15/h4-11H,3,12-13H2,1-2H3,(H,21,22)(H,23,24,25). The van der Waals surface area contributed by atoms with Gasteiger partial charge in [-0.2, -0.15) is 0 Å². The van der Waals surface area contributed by atoms with Crippen LogP contribution in [0, 0.1) is 0 Å². The Morgan fingerprint density at radius 2 is 2.14 bits per heavy atom. The van der Waals surface area contributed by atoms with Crippen molar-refractivity contribution in [3.63, 3.8) is 0 Å². The average molecular weight is 378 g/mol. The Labute approximate surface area is 162 Å². The molecule has 8 nitrogen and oxygen atoms in total. The minimum atomic E-state index is 0.376. The molecule has 4 aromatic rings. The molecule has 2 N–H and O–H groups in total. The monoisotopic (exact) mass is 378 g/mol. The number of benzene rings is 1. The van der Waals surface area contributed by atoms with Gasteiger partial charge >= 0.3 is 0 Å². The number of aromatic amines is 1. The molecule has 0 amide bonds. The van der Waals surface area contributed by atoms with Gasteiger partial charge in [0.05, 0.1) is 12.8 Å². The largest absolute Gasteiger partial charge is 0.461 e. The molecule has 0 aliphatic heterocycles. The molecule has 0 radical (unpaired) electrons. The maximum Gasteiger partial charge on any atom is 0.216 e. The molecule has 0 atom stereocenters. The van der Waals surface area contributed by atoms with E-state index in [2.05, 4.69) is 31.6 Å². The van der Waals surface area contributed by atoms with E-state index in [9.17, 15) is 0 Å². The second kappa shape index (κ2) is 7.99. The van der Waals surface area contributed by atoms with Gasteiger partial charge in [0, 0.05) is 19.0 Å². The molecule has 0 unspecified atom stereocenters. The van der Waals surface area contributed by atoms with Crippen molar-refractivity contribution in [1.29, 1.82) is 0 Å². The van der Waals surface area contributed by atoms with Crippen molar-refractivity contribution in [2.75, 3.05) is 13.6 Å². The maximum absolute atomic E-state index is 5.91. The molecule has 3 aromatic heterocycles. The van der Waals surface area contributed by atoms with Gasteiger partial charge in [-0.15, -0.1) is 5.10 Å². The van der Waals surface area contributed by atoms with Crippen LogP contribution < -0.4 is 5.32 Å². The quantitative estimate of drug-likeness (QED) is 0.394. The van der Waals surface area contributed by atoms with Crippen LogP contribution in [-0.4, -0.2) is 39.6 Å². The molecule has 8 heteroatoms. The number of aliphatic imine (C=N–C) groups is 1. The van der Waals surface area contributed by atoms with Gasteiger partial charge in [0.1, 0.15) is 23.7 Å². The molecular formula is C20H22N6O2. The molecular weight excluding hydrogens is 356 g/mol. The van der Waals surface area contributed by atoms with E-state index in [-0.39, 0.29) is 0 Å². The minimum Gasteiger partial charge on any atom is -0.461 e. The number of hydrogen-bond donors (Lipinski definition) is 2. The summed E-state index contributed by atoms with van der Waals surface area (Å²) in [5, 5.41) is 11.5. The number of furan rings is 2. The third-order valence-electron chi connectivity index (χ3n) is 4.22. The fraction of sp³-hybridized carbons (Fsp3) is 0.250. The minimum absolute atomic E-state index is 0.376. The molecule has 0 saturated carbocycles. The van der Waals surface area contributed by atoms with Crippen LogP contribution in [0.1, 0.15) is 18.5 Å². The summed E-state index contributed by atoms with van der Waals surface area (Å²) in [6, 6.07) is 13.7. The van der Waals surface area contributed by atoms with Crippen molar-refractivity contribution in [3.8, 4) is 11.6 Å². The number of guanidine groups is 1. The lowest BCUT2D eigenvalue weighted by molar-refractivity contribution is 0.412. The number of nitrogens with one attached hydrogen (secondary N) is 2. The van der Waals surface area contributed by atoms with E-state index in [1.54, 1.807) is 12.3 Å². The zero-order valence-electron chi connectivity index (χ0n) is 15.8. The van der Waals surface area contributed by atoms with Gasteiger partial charge in [-0.25, -0.2) is 9.98 Å². The summed E-state index contributed by atoms with van der Waals surface area (Å²) in [4.78, 5) is 11.1. The van der Waals surface area contributed by atoms with Crippen molar-refractivity contribution in [3.05, 3.63) is 60.3 Å². The van der Waals surface area contributed by atoms with Gasteiger partial charge in [0.25, 0.3) is 0 Å². The van der Waals surface area contributed by atoms with E-state index in [1.807, 2.05) is 49.2 Å². The first kappa shape index (κ1) is 17.8. The van der Waals surface area contributed by atoms with Gasteiger partial charge in [-0.3, -0.25) is 5.10 Å². The molecule has 0 saturated heterocycles. The van der Waals surface area contributed by atoms with Gasteiger partial charge < -0.3 is 19.1 Å². The third kappa shape index (κ3) is 3.90. The predicted molar refractivity (Wildman–Crippen MR) is 107 cm³/mol. The summed E-state index contributed by atoms with van der Waals surface area (Å²) in [5.41, 5.74) is 0.889. The number of fused-ring (bicyclic) bond motifs is 1. The second-order valence-electron chi connectivity index (χ2n) is 6.36. The Balaban J connectivity index is 1.46. The normalized spacial score (nSPS) is 11.9. The van der Waals surface area contributed by atoms with Crippen molar-refractivity contribution in [2.24, 2.45) is 4.99 Å². The van der Waals surface area contributed by atoms with Crippen LogP contribution >= 0.6 is 0 Å². The Bertz CT molecular complexity index is 1030. The molecule has 3 heterocycles. The number of rotatable bonds is 6. The van der Waals surface area contributed by atoms with Crippen LogP contribution in [0.3, 0.4) is 0 Å². The highest BCUT2D eigenvalue weighted by Gasteiger charge is 2.12. The first-order chi connectivity index (χ1) is 13.7. The van der Waals surface area contributed by atoms with Crippen LogP contribution in [0.4, 0.5) is 0 Å².